The second kappa shape index (κ2) is 9.32. The Labute approximate surface area is 176 Å². The molecule has 7 nitrogen and oxygen atoms in total. The summed E-state index contributed by atoms with van der Waals surface area (Å²) in [5, 5.41) is 3.16. The topological polar surface area (TPSA) is 94.6 Å². The normalized spacial score (nSPS) is 10.8. The molecule has 0 saturated carbocycles. The van der Waals surface area contributed by atoms with Crippen LogP contribution < -0.4 is 5.32 Å². The second-order valence-corrected chi connectivity index (χ2v) is 7.25. The smallest absolute Gasteiger partial charge is 0.338 e. The van der Waals surface area contributed by atoms with Crippen LogP contribution in [0, 0.1) is 0 Å². The van der Waals surface area contributed by atoms with Crippen LogP contribution in [0.5, 0.6) is 0 Å². The summed E-state index contributed by atoms with van der Waals surface area (Å²) in [6.45, 7) is -0.132. The fraction of sp³-hybridized carbons (Fsp3) is 0.136. The Morgan fingerprint density at radius 2 is 1.87 bits per heavy atom. The van der Waals surface area contributed by atoms with Crippen LogP contribution in [-0.4, -0.2) is 23.5 Å². The average Bonchev–Trinajstić information content (AvgIpc) is 3.44. The molecule has 1 N–H and O–H groups in total. The van der Waals surface area contributed by atoms with E-state index in [1.165, 1.54) is 18.0 Å². The third kappa shape index (κ3) is 4.90. The van der Waals surface area contributed by atoms with E-state index in [0.29, 0.717) is 27.9 Å². The van der Waals surface area contributed by atoms with Crippen molar-refractivity contribution in [3.05, 3.63) is 83.8 Å². The molecule has 0 spiro atoms. The summed E-state index contributed by atoms with van der Waals surface area (Å²) in [6.07, 6.45) is 1.53. The first kappa shape index (κ1) is 19.8. The Bertz CT molecular complexity index is 1120. The SMILES string of the molecule is O=C(COC(=O)c1ccccc1CSc1nc2ccccc2o1)NCc1ccco1. The van der Waals surface area contributed by atoms with Crippen LogP contribution in [0.4, 0.5) is 0 Å². The van der Waals surface area contributed by atoms with E-state index in [1.807, 2.05) is 36.4 Å². The predicted octanol–water partition coefficient (Wildman–Crippen LogP) is 4.19. The maximum atomic E-state index is 12.5. The number of ether oxygens (including phenoxy) is 1. The summed E-state index contributed by atoms with van der Waals surface area (Å²) in [7, 11) is 0. The third-order valence-electron chi connectivity index (χ3n) is 4.24. The average molecular weight is 422 g/mol. The number of fused-ring (bicyclic) bond motifs is 1. The van der Waals surface area contributed by atoms with Gasteiger partial charge in [0.15, 0.2) is 12.2 Å². The number of hydrogen-bond donors (Lipinski definition) is 1. The lowest BCUT2D eigenvalue weighted by Gasteiger charge is -2.09. The number of para-hydroxylation sites is 2. The summed E-state index contributed by atoms with van der Waals surface area (Å²) in [5.41, 5.74) is 2.67. The molecule has 0 aliphatic carbocycles. The Kier molecular flexibility index (Phi) is 6.14. The highest BCUT2D eigenvalue weighted by molar-refractivity contribution is 7.98. The van der Waals surface area contributed by atoms with Gasteiger partial charge in [0, 0.05) is 5.75 Å². The van der Waals surface area contributed by atoms with Crippen molar-refractivity contribution < 1.29 is 23.2 Å². The van der Waals surface area contributed by atoms with Gasteiger partial charge >= 0.3 is 5.97 Å². The van der Waals surface area contributed by atoms with Crippen LogP contribution >= 0.6 is 11.8 Å². The van der Waals surface area contributed by atoms with Crippen molar-refractivity contribution in [2.75, 3.05) is 6.61 Å². The Morgan fingerprint density at radius 3 is 2.70 bits per heavy atom. The minimum Gasteiger partial charge on any atom is -0.467 e. The molecular weight excluding hydrogens is 404 g/mol. The summed E-state index contributed by atoms with van der Waals surface area (Å²) in [6, 6.07) is 18.1. The van der Waals surface area contributed by atoms with Gasteiger partial charge < -0.3 is 18.9 Å². The van der Waals surface area contributed by atoms with E-state index in [0.717, 1.165) is 11.1 Å². The Balaban J connectivity index is 1.33. The lowest BCUT2D eigenvalue weighted by Crippen LogP contribution is -2.28. The molecule has 0 saturated heterocycles. The number of nitrogens with zero attached hydrogens (tertiary/aromatic N) is 1. The van der Waals surface area contributed by atoms with Crippen LogP contribution in [0.2, 0.25) is 0 Å². The Hall–Kier alpha value is -3.52. The van der Waals surface area contributed by atoms with E-state index >= 15 is 0 Å². The predicted molar refractivity (Wildman–Crippen MR) is 111 cm³/mol. The number of carbonyl (C=O) groups is 2. The summed E-state index contributed by atoms with van der Waals surface area (Å²) in [4.78, 5) is 28.8. The number of benzene rings is 2. The van der Waals surface area contributed by atoms with Crippen molar-refractivity contribution in [3.8, 4) is 0 Å². The first-order valence-corrected chi connectivity index (χ1v) is 10.2. The maximum Gasteiger partial charge on any atom is 0.338 e. The molecule has 4 aromatic rings. The number of amides is 1. The first-order chi connectivity index (χ1) is 14.7. The minimum absolute atomic E-state index is 0.237. The number of thioether (sulfide) groups is 1. The zero-order valence-corrected chi connectivity index (χ0v) is 16.7. The molecule has 0 atom stereocenters. The van der Waals surface area contributed by atoms with E-state index in [2.05, 4.69) is 10.3 Å². The van der Waals surface area contributed by atoms with Gasteiger partial charge in [-0.1, -0.05) is 42.1 Å². The van der Waals surface area contributed by atoms with E-state index in [9.17, 15) is 9.59 Å². The van der Waals surface area contributed by atoms with Gasteiger partial charge in [-0.3, -0.25) is 4.79 Å². The summed E-state index contributed by atoms with van der Waals surface area (Å²) < 4.78 is 16.0. The minimum atomic E-state index is -0.558. The van der Waals surface area contributed by atoms with Crippen LogP contribution in [0.15, 0.2) is 81.0 Å². The number of rotatable bonds is 8. The monoisotopic (exact) mass is 422 g/mol. The maximum absolute atomic E-state index is 12.5. The first-order valence-electron chi connectivity index (χ1n) is 9.21. The van der Waals surface area contributed by atoms with E-state index in [1.54, 1.807) is 24.3 Å². The molecule has 0 unspecified atom stereocenters. The fourth-order valence-corrected chi connectivity index (χ4v) is 3.60. The quantitative estimate of drug-likeness (QED) is 0.336. The van der Waals surface area contributed by atoms with Crippen molar-refractivity contribution in [2.24, 2.45) is 0 Å². The van der Waals surface area contributed by atoms with Crippen LogP contribution in [0.25, 0.3) is 11.1 Å². The molecule has 2 heterocycles. The number of furan rings is 1. The van der Waals surface area contributed by atoms with Crippen molar-refractivity contribution in [2.45, 2.75) is 17.5 Å². The zero-order valence-electron chi connectivity index (χ0n) is 15.9. The molecule has 0 bridgehead atoms. The van der Waals surface area contributed by atoms with Gasteiger partial charge in [-0.2, -0.15) is 0 Å². The summed E-state index contributed by atoms with van der Waals surface area (Å²) in [5.74, 6) is 0.134. The van der Waals surface area contributed by atoms with Gasteiger partial charge in [-0.05, 0) is 35.9 Å². The van der Waals surface area contributed by atoms with Crippen molar-refractivity contribution >= 4 is 34.7 Å². The van der Waals surface area contributed by atoms with Crippen molar-refractivity contribution in [1.29, 1.82) is 0 Å². The van der Waals surface area contributed by atoms with Gasteiger partial charge in [0.2, 0.25) is 0 Å². The van der Waals surface area contributed by atoms with Gasteiger partial charge in [0.05, 0.1) is 18.4 Å². The molecule has 0 fully saturated rings. The molecule has 0 aliphatic rings. The number of esters is 1. The highest BCUT2D eigenvalue weighted by Gasteiger charge is 2.15. The standard InChI is InChI=1S/C22H18N2O5S/c25-20(23-12-16-7-5-11-27-16)13-28-21(26)17-8-2-1-6-15(17)14-30-22-24-18-9-3-4-10-19(18)29-22/h1-11H,12-14H2,(H,23,25). The van der Waals surface area contributed by atoms with Gasteiger partial charge in [0.25, 0.3) is 11.1 Å². The second-order valence-electron chi connectivity index (χ2n) is 6.33. The van der Waals surface area contributed by atoms with Gasteiger partial charge in [0.1, 0.15) is 11.3 Å². The fourth-order valence-electron chi connectivity index (χ4n) is 2.76. The number of carbonyl (C=O) groups excluding carboxylic acids is 2. The van der Waals surface area contributed by atoms with Crippen LogP contribution in [0.3, 0.4) is 0 Å². The van der Waals surface area contributed by atoms with E-state index in [-0.39, 0.29) is 13.2 Å². The number of nitrogens with one attached hydrogen (secondary N) is 1. The molecule has 1 amide bonds. The number of aromatic nitrogens is 1. The number of hydrogen-bond acceptors (Lipinski definition) is 7. The van der Waals surface area contributed by atoms with Crippen molar-refractivity contribution in [3.63, 3.8) is 0 Å². The molecule has 152 valence electrons. The highest BCUT2D eigenvalue weighted by atomic mass is 32.2. The molecule has 0 aliphatic heterocycles. The highest BCUT2D eigenvalue weighted by Crippen LogP contribution is 2.27. The van der Waals surface area contributed by atoms with Crippen LogP contribution in [-0.2, 0) is 21.8 Å². The van der Waals surface area contributed by atoms with E-state index < -0.39 is 11.9 Å². The summed E-state index contributed by atoms with van der Waals surface area (Å²) >= 11 is 1.39. The third-order valence-corrected chi connectivity index (χ3v) is 5.11. The molecule has 2 aromatic heterocycles. The zero-order chi connectivity index (χ0) is 20.8. The van der Waals surface area contributed by atoms with E-state index in [4.69, 9.17) is 13.6 Å². The lowest BCUT2D eigenvalue weighted by molar-refractivity contribution is -0.124. The molecule has 0 radical (unpaired) electrons. The largest absolute Gasteiger partial charge is 0.467 e. The Morgan fingerprint density at radius 1 is 1.03 bits per heavy atom. The number of oxazole rings is 1. The van der Waals surface area contributed by atoms with Gasteiger partial charge in [-0.15, -0.1) is 0 Å². The van der Waals surface area contributed by atoms with Crippen molar-refractivity contribution in [1.82, 2.24) is 10.3 Å². The molecule has 4 rings (SSSR count). The molecular formula is C22H18N2O5S. The van der Waals surface area contributed by atoms with Gasteiger partial charge in [-0.25, -0.2) is 9.78 Å². The van der Waals surface area contributed by atoms with Crippen LogP contribution in [0.1, 0.15) is 21.7 Å². The molecule has 8 heteroatoms. The molecule has 2 aromatic carbocycles. The lowest BCUT2D eigenvalue weighted by atomic mass is 10.1. The molecule has 30 heavy (non-hydrogen) atoms.